The van der Waals surface area contributed by atoms with Crippen LogP contribution >= 0.6 is 23.2 Å². The number of ether oxygens (including phenoxy) is 1. The van der Waals surface area contributed by atoms with Gasteiger partial charge in [-0.15, -0.1) is 0 Å². The minimum absolute atomic E-state index is 0.0684. The first-order valence-electron chi connectivity index (χ1n) is 15.8. The lowest BCUT2D eigenvalue weighted by molar-refractivity contribution is -0.129. The molecule has 2 amide bonds. The molecule has 2 atom stereocenters. The van der Waals surface area contributed by atoms with Crippen LogP contribution in [0.1, 0.15) is 47.3 Å². The number of amides is 2. The Morgan fingerprint density at radius 2 is 1.65 bits per heavy atom. The second-order valence-electron chi connectivity index (χ2n) is 12.4. The van der Waals surface area contributed by atoms with Gasteiger partial charge in [0.05, 0.1) is 40.7 Å². The fourth-order valence-corrected chi connectivity index (χ4v) is 7.25. The maximum Gasteiger partial charge on any atom is 0.330 e. The smallest absolute Gasteiger partial charge is 0.330 e. The predicted molar refractivity (Wildman–Crippen MR) is 187 cm³/mol. The molecule has 0 spiro atoms. The normalized spacial score (nSPS) is 17.6. The lowest BCUT2D eigenvalue weighted by Crippen LogP contribution is -2.46. The number of aryl methyl sites for hydroxylation is 1. The summed E-state index contributed by atoms with van der Waals surface area (Å²) >= 11 is 13.9. The first-order valence-corrected chi connectivity index (χ1v) is 16.6. The summed E-state index contributed by atoms with van der Waals surface area (Å²) in [6, 6.07) is 12.2. The van der Waals surface area contributed by atoms with Crippen molar-refractivity contribution in [3.05, 3.63) is 96.2 Å². The Morgan fingerprint density at radius 1 is 1.00 bits per heavy atom. The van der Waals surface area contributed by atoms with Gasteiger partial charge in [0.25, 0.3) is 11.5 Å². The molecule has 256 valence electrons. The molecular weight excluding hydrogens is 671 g/mol. The summed E-state index contributed by atoms with van der Waals surface area (Å²) in [6.07, 6.45) is 2.47. The monoisotopic (exact) mass is 706 g/mol. The zero-order valence-corrected chi connectivity index (χ0v) is 28.9. The predicted octanol–water partition coefficient (Wildman–Crippen LogP) is 3.94. The number of nitrogens with zero attached hydrogens (tertiary/aromatic N) is 4. The fraction of sp³-hybridized carbons (Fsp3) is 0.343. The molecule has 49 heavy (non-hydrogen) atoms. The molecule has 0 radical (unpaired) electrons. The first-order chi connectivity index (χ1) is 23.4. The standard InChI is InChI=1S/C35H36Cl2N6O6/c1-18(44)43-13-11-20(12-14-43)38-31-27(45)16-19-15-26(40-33(49-4)28(19)31)23-9-5-7-21(29(23)36)22-8-6-10-25(30(22)37)39-32(46)24-17-41(2)35(48)42(3)34(24)47/h5-10,15,17,20,27,31,38,45H,11-14,16H2,1-4H3,(H,39,46). The third-order valence-electron chi connectivity index (χ3n) is 9.29. The van der Waals surface area contributed by atoms with Crippen LogP contribution < -0.4 is 26.6 Å². The Bertz CT molecular complexity index is 2090. The lowest BCUT2D eigenvalue weighted by Gasteiger charge is -2.34. The number of hydrogen-bond acceptors (Lipinski definition) is 8. The van der Waals surface area contributed by atoms with Crippen molar-refractivity contribution in [2.45, 2.75) is 44.4 Å². The number of fused-ring (bicyclic) bond motifs is 1. The van der Waals surface area contributed by atoms with Crippen LogP contribution in [0.5, 0.6) is 5.88 Å². The molecule has 4 aromatic rings. The largest absolute Gasteiger partial charge is 0.481 e. The van der Waals surface area contributed by atoms with Crippen molar-refractivity contribution in [1.82, 2.24) is 24.3 Å². The minimum atomic E-state index is -0.731. The van der Waals surface area contributed by atoms with Crippen LogP contribution in [-0.2, 0) is 25.3 Å². The van der Waals surface area contributed by atoms with Gasteiger partial charge in [-0.1, -0.05) is 53.5 Å². The van der Waals surface area contributed by atoms with Crippen molar-refractivity contribution in [3.63, 3.8) is 0 Å². The highest BCUT2D eigenvalue weighted by atomic mass is 35.5. The van der Waals surface area contributed by atoms with Crippen molar-refractivity contribution in [2.24, 2.45) is 14.1 Å². The molecule has 3 N–H and O–H groups in total. The molecule has 1 aliphatic heterocycles. The van der Waals surface area contributed by atoms with E-state index in [1.807, 2.05) is 23.1 Å². The molecule has 3 heterocycles. The number of piperidine rings is 1. The van der Waals surface area contributed by atoms with Gasteiger partial charge >= 0.3 is 5.69 Å². The highest BCUT2D eigenvalue weighted by Crippen LogP contribution is 2.44. The van der Waals surface area contributed by atoms with Gasteiger partial charge < -0.3 is 29.9 Å². The Kier molecular flexibility index (Phi) is 9.67. The second-order valence-corrected chi connectivity index (χ2v) is 13.1. The summed E-state index contributed by atoms with van der Waals surface area (Å²) in [4.78, 5) is 56.3. The summed E-state index contributed by atoms with van der Waals surface area (Å²) in [7, 11) is 4.30. The number of aromatic nitrogens is 3. The average Bonchev–Trinajstić information content (AvgIpc) is 3.40. The molecule has 14 heteroatoms. The van der Waals surface area contributed by atoms with E-state index in [0.29, 0.717) is 52.8 Å². The molecule has 0 bridgehead atoms. The highest BCUT2D eigenvalue weighted by Gasteiger charge is 2.37. The molecule has 2 unspecified atom stereocenters. The zero-order valence-electron chi connectivity index (χ0n) is 27.4. The molecular formula is C35H36Cl2N6O6. The van der Waals surface area contributed by atoms with Crippen molar-refractivity contribution >= 4 is 40.7 Å². The van der Waals surface area contributed by atoms with Crippen LogP contribution in [0.3, 0.4) is 0 Å². The lowest BCUT2D eigenvalue weighted by atomic mass is 9.98. The van der Waals surface area contributed by atoms with Crippen LogP contribution in [-0.4, -0.2) is 68.3 Å². The number of hydrogen-bond donors (Lipinski definition) is 3. The summed E-state index contributed by atoms with van der Waals surface area (Å²) < 4.78 is 7.78. The van der Waals surface area contributed by atoms with E-state index in [0.717, 1.165) is 33.1 Å². The Labute approximate surface area is 292 Å². The van der Waals surface area contributed by atoms with E-state index >= 15 is 0 Å². The number of carbonyl (C=O) groups is 2. The Balaban J connectivity index is 1.29. The van der Waals surface area contributed by atoms with E-state index in [9.17, 15) is 24.3 Å². The van der Waals surface area contributed by atoms with Gasteiger partial charge in [-0.2, -0.15) is 0 Å². The molecule has 1 aliphatic carbocycles. The third-order valence-corrected chi connectivity index (χ3v) is 10.1. The van der Waals surface area contributed by atoms with Crippen LogP contribution in [0, 0.1) is 0 Å². The molecule has 1 fully saturated rings. The van der Waals surface area contributed by atoms with Gasteiger partial charge in [-0.3, -0.25) is 19.0 Å². The van der Waals surface area contributed by atoms with Gasteiger partial charge in [0.2, 0.25) is 11.8 Å². The number of likely N-dealkylation sites (tertiary alicyclic amines) is 1. The van der Waals surface area contributed by atoms with Crippen molar-refractivity contribution in [1.29, 1.82) is 0 Å². The SMILES string of the molecule is COc1nc(-c2cccc(-c3cccc(NC(=O)c4cn(C)c(=O)n(C)c4=O)c3Cl)c2Cl)cc2c1C(NC1CCN(C(C)=O)CC1)C(O)C2. The van der Waals surface area contributed by atoms with Gasteiger partial charge in [-0.25, -0.2) is 9.78 Å². The number of pyridine rings is 1. The average molecular weight is 708 g/mol. The molecule has 2 aliphatic rings. The van der Waals surface area contributed by atoms with Gasteiger partial charge in [0.1, 0.15) is 5.56 Å². The molecule has 0 saturated carbocycles. The van der Waals surface area contributed by atoms with Crippen molar-refractivity contribution in [2.75, 3.05) is 25.5 Å². The molecule has 6 rings (SSSR count). The first kappa shape index (κ1) is 34.4. The fourth-order valence-electron chi connectivity index (χ4n) is 6.65. The number of aliphatic hydroxyl groups is 1. The second kappa shape index (κ2) is 13.8. The molecule has 1 saturated heterocycles. The van der Waals surface area contributed by atoms with E-state index in [1.165, 1.54) is 20.3 Å². The summed E-state index contributed by atoms with van der Waals surface area (Å²) in [6.45, 7) is 2.91. The van der Waals surface area contributed by atoms with E-state index in [1.54, 1.807) is 38.3 Å². The van der Waals surface area contributed by atoms with Crippen LogP contribution in [0.25, 0.3) is 22.4 Å². The maximum absolute atomic E-state index is 13.1. The number of rotatable bonds is 7. The molecule has 2 aromatic carbocycles. The Hall–Kier alpha value is -4.49. The van der Waals surface area contributed by atoms with Crippen LogP contribution in [0.2, 0.25) is 10.0 Å². The number of aliphatic hydroxyl groups excluding tert-OH is 1. The maximum atomic E-state index is 13.1. The van der Waals surface area contributed by atoms with Crippen LogP contribution in [0.4, 0.5) is 5.69 Å². The number of carbonyl (C=O) groups excluding carboxylic acids is 2. The summed E-state index contributed by atoms with van der Waals surface area (Å²) in [5.74, 6) is -0.267. The van der Waals surface area contributed by atoms with Gasteiger partial charge in [0, 0.05) is 75.0 Å². The topological polar surface area (TPSA) is 148 Å². The minimum Gasteiger partial charge on any atom is -0.481 e. The number of halogens is 2. The van der Waals surface area contributed by atoms with E-state index in [2.05, 4.69) is 10.6 Å². The van der Waals surface area contributed by atoms with E-state index in [-0.39, 0.29) is 34.3 Å². The third kappa shape index (κ3) is 6.49. The number of nitrogens with one attached hydrogen (secondary N) is 2. The van der Waals surface area contributed by atoms with Crippen molar-refractivity contribution in [3.8, 4) is 28.3 Å². The van der Waals surface area contributed by atoms with Crippen molar-refractivity contribution < 1.29 is 19.4 Å². The number of anilines is 1. The summed E-state index contributed by atoms with van der Waals surface area (Å²) in [5.41, 5.74) is 2.72. The Morgan fingerprint density at radius 3 is 2.33 bits per heavy atom. The van der Waals surface area contributed by atoms with Crippen LogP contribution in [0.15, 0.2) is 58.3 Å². The zero-order chi connectivity index (χ0) is 35.1. The number of benzene rings is 2. The highest BCUT2D eigenvalue weighted by molar-refractivity contribution is 6.39. The van der Waals surface area contributed by atoms with E-state index in [4.69, 9.17) is 32.9 Å². The quantitative estimate of drug-likeness (QED) is 0.262. The summed E-state index contributed by atoms with van der Waals surface area (Å²) in [5, 5.41) is 18.0. The van der Waals surface area contributed by atoms with Gasteiger partial charge in [-0.05, 0) is 30.5 Å². The van der Waals surface area contributed by atoms with Gasteiger partial charge in [0.15, 0.2) is 0 Å². The molecule has 12 nitrogen and oxygen atoms in total. The van der Waals surface area contributed by atoms with E-state index < -0.39 is 23.3 Å². The molecule has 2 aromatic heterocycles. The number of methoxy groups -OCH3 is 1.